The molecule has 0 saturated carbocycles. The highest BCUT2D eigenvalue weighted by Gasteiger charge is 2.19. The van der Waals surface area contributed by atoms with Gasteiger partial charge in [0.25, 0.3) is 0 Å². The molecule has 7 heteroatoms. The average molecular weight is 320 g/mol. The molecule has 0 aromatic carbocycles. The number of aromatic nitrogens is 2. The normalized spacial score (nSPS) is 15.0. The lowest BCUT2D eigenvalue weighted by Crippen LogP contribution is -2.17. The van der Waals surface area contributed by atoms with Crippen molar-refractivity contribution in [2.24, 2.45) is 10.9 Å². The second kappa shape index (κ2) is 6.03. The lowest BCUT2D eigenvalue weighted by molar-refractivity contribution is 0.318. The molecule has 0 spiro atoms. The van der Waals surface area contributed by atoms with Crippen LogP contribution in [-0.4, -0.2) is 21.0 Å². The Bertz CT molecular complexity index is 696. The van der Waals surface area contributed by atoms with E-state index in [-0.39, 0.29) is 5.84 Å². The standard InChI is InChI=1S/C14H16N4OS2/c1-8-7-20-14(16-8)21-13-10(12(15)18-19)6-9-4-2-3-5-11(9)17-13/h6-7,19H,2-5H2,1H3,(H2,15,18). The van der Waals surface area contributed by atoms with Crippen molar-refractivity contribution >= 4 is 28.9 Å². The first-order valence-corrected chi connectivity index (χ1v) is 8.47. The molecule has 1 aliphatic rings. The van der Waals surface area contributed by atoms with Crippen LogP contribution in [0.25, 0.3) is 0 Å². The monoisotopic (exact) mass is 320 g/mol. The predicted octanol–water partition coefficient (Wildman–Crippen LogP) is 2.97. The highest BCUT2D eigenvalue weighted by atomic mass is 32.2. The highest BCUT2D eigenvalue weighted by molar-refractivity contribution is 8.01. The number of rotatable bonds is 3. The van der Waals surface area contributed by atoms with Gasteiger partial charge in [0, 0.05) is 16.8 Å². The van der Waals surface area contributed by atoms with Crippen LogP contribution in [0.3, 0.4) is 0 Å². The van der Waals surface area contributed by atoms with Gasteiger partial charge in [-0.05, 0) is 56.0 Å². The van der Waals surface area contributed by atoms with E-state index in [0.717, 1.165) is 33.6 Å². The number of oxime groups is 1. The Kier molecular flexibility index (Phi) is 4.12. The number of hydrogen-bond donors (Lipinski definition) is 2. The molecule has 2 heterocycles. The molecular weight excluding hydrogens is 304 g/mol. The summed E-state index contributed by atoms with van der Waals surface area (Å²) in [4.78, 5) is 9.19. The van der Waals surface area contributed by atoms with Gasteiger partial charge in [-0.3, -0.25) is 0 Å². The van der Waals surface area contributed by atoms with Crippen molar-refractivity contribution in [2.75, 3.05) is 0 Å². The number of amidine groups is 1. The summed E-state index contributed by atoms with van der Waals surface area (Å²) in [5.41, 5.74) is 9.84. The smallest absolute Gasteiger partial charge is 0.172 e. The number of hydrogen-bond acceptors (Lipinski definition) is 6. The molecule has 0 bridgehead atoms. The van der Waals surface area contributed by atoms with Gasteiger partial charge in [-0.2, -0.15) is 0 Å². The molecule has 0 aliphatic heterocycles. The fraction of sp³-hybridized carbons (Fsp3) is 0.357. The van der Waals surface area contributed by atoms with Crippen molar-refractivity contribution in [2.45, 2.75) is 42.0 Å². The lowest BCUT2D eigenvalue weighted by Gasteiger charge is -2.17. The summed E-state index contributed by atoms with van der Waals surface area (Å²) < 4.78 is 0.919. The Morgan fingerprint density at radius 3 is 2.90 bits per heavy atom. The minimum atomic E-state index is 0.103. The van der Waals surface area contributed by atoms with Crippen molar-refractivity contribution in [3.63, 3.8) is 0 Å². The van der Waals surface area contributed by atoms with E-state index in [0.29, 0.717) is 5.56 Å². The summed E-state index contributed by atoms with van der Waals surface area (Å²) in [6, 6.07) is 2.01. The summed E-state index contributed by atoms with van der Waals surface area (Å²) in [6.45, 7) is 1.96. The summed E-state index contributed by atoms with van der Waals surface area (Å²) in [6.07, 6.45) is 4.34. The van der Waals surface area contributed by atoms with E-state index in [2.05, 4.69) is 10.1 Å². The number of fused-ring (bicyclic) bond motifs is 1. The quantitative estimate of drug-likeness (QED) is 0.393. The molecule has 3 N–H and O–H groups in total. The molecule has 0 fully saturated rings. The summed E-state index contributed by atoms with van der Waals surface area (Å²) >= 11 is 3.05. The van der Waals surface area contributed by atoms with Gasteiger partial charge in [0.1, 0.15) is 5.03 Å². The maximum Gasteiger partial charge on any atom is 0.172 e. The number of thiazole rings is 1. The van der Waals surface area contributed by atoms with Crippen LogP contribution in [0.2, 0.25) is 0 Å². The third kappa shape index (κ3) is 3.03. The predicted molar refractivity (Wildman–Crippen MR) is 84.4 cm³/mol. The van der Waals surface area contributed by atoms with E-state index >= 15 is 0 Å². The topological polar surface area (TPSA) is 84.4 Å². The number of pyridine rings is 1. The Morgan fingerprint density at radius 1 is 1.38 bits per heavy atom. The van der Waals surface area contributed by atoms with E-state index in [1.165, 1.54) is 30.2 Å². The first-order chi connectivity index (χ1) is 10.2. The minimum absolute atomic E-state index is 0.103. The largest absolute Gasteiger partial charge is 0.409 e. The molecule has 5 nitrogen and oxygen atoms in total. The molecule has 0 radical (unpaired) electrons. The second-order valence-electron chi connectivity index (χ2n) is 5.00. The van der Waals surface area contributed by atoms with E-state index in [4.69, 9.17) is 15.9 Å². The van der Waals surface area contributed by atoms with Crippen LogP contribution in [0.15, 0.2) is 26.0 Å². The number of aryl methyl sites for hydroxylation is 3. The van der Waals surface area contributed by atoms with Crippen molar-refractivity contribution in [3.05, 3.63) is 34.0 Å². The SMILES string of the molecule is Cc1csc(Sc2nc3c(cc2C(N)=NO)CCCC3)n1. The first kappa shape index (κ1) is 14.3. The summed E-state index contributed by atoms with van der Waals surface area (Å²) in [7, 11) is 0. The molecule has 0 saturated heterocycles. The maximum absolute atomic E-state index is 9.00. The van der Waals surface area contributed by atoms with Gasteiger partial charge in [-0.1, -0.05) is 5.16 Å². The molecule has 2 aromatic rings. The third-order valence-electron chi connectivity index (χ3n) is 3.43. The first-order valence-electron chi connectivity index (χ1n) is 6.78. The number of nitrogens with zero attached hydrogens (tertiary/aromatic N) is 3. The van der Waals surface area contributed by atoms with Crippen molar-refractivity contribution < 1.29 is 5.21 Å². The molecule has 0 amide bonds. The van der Waals surface area contributed by atoms with E-state index in [9.17, 15) is 0 Å². The Balaban J connectivity index is 2.03. The van der Waals surface area contributed by atoms with Gasteiger partial charge in [0.05, 0.1) is 5.56 Å². The van der Waals surface area contributed by atoms with E-state index in [1.807, 2.05) is 18.4 Å². The highest BCUT2D eigenvalue weighted by Crippen LogP contribution is 2.33. The minimum Gasteiger partial charge on any atom is -0.409 e. The van der Waals surface area contributed by atoms with Crippen LogP contribution < -0.4 is 5.73 Å². The van der Waals surface area contributed by atoms with Gasteiger partial charge in [-0.15, -0.1) is 11.3 Å². The molecule has 0 unspecified atom stereocenters. The van der Waals surface area contributed by atoms with Gasteiger partial charge in [-0.25, -0.2) is 9.97 Å². The maximum atomic E-state index is 9.00. The van der Waals surface area contributed by atoms with Gasteiger partial charge in [0.2, 0.25) is 0 Å². The van der Waals surface area contributed by atoms with E-state index < -0.39 is 0 Å². The van der Waals surface area contributed by atoms with Crippen LogP contribution in [-0.2, 0) is 12.8 Å². The van der Waals surface area contributed by atoms with Gasteiger partial charge < -0.3 is 10.9 Å². The van der Waals surface area contributed by atoms with Crippen molar-refractivity contribution in [3.8, 4) is 0 Å². The van der Waals surface area contributed by atoms with Crippen LogP contribution in [0.1, 0.15) is 35.4 Å². The zero-order valence-corrected chi connectivity index (χ0v) is 13.3. The Labute approximate surface area is 131 Å². The van der Waals surface area contributed by atoms with Crippen molar-refractivity contribution in [1.82, 2.24) is 9.97 Å². The molecule has 21 heavy (non-hydrogen) atoms. The Morgan fingerprint density at radius 2 is 2.19 bits per heavy atom. The fourth-order valence-electron chi connectivity index (χ4n) is 2.39. The lowest BCUT2D eigenvalue weighted by atomic mass is 9.95. The van der Waals surface area contributed by atoms with E-state index in [1.54, 1.807) is 11.3 Å². The van der Waals surface area contributed by atoms with Crippen LogP contribution in [0, 0.1) is 6.92 Å². The third-order valence-corrected chi connectivity index (χ3v) is 5.49. The molecule has 1 aliphatic carbocycles. The summed E-state index contributed by atoms with van der Waals surface area (Å²) in [5.74, 6) is 0.103. The molecular formula is C14H16N4OS2. The van der Waals surface area contributed by atoms with Gasteiger partial charge in [0.15, 0.2) is 10.2 Å². The number of nitrogens with two attached hydrogens (primary N) is 1. The average Bonchev–Trinajstić information content (AvgIpc) is 2.91. The zero-order valence-electron chi connectivity index (χ0n) is 11.7. The van der Waals surface area contributed by atoms with Crippen LogP contribution in [0.5, 0.6) is 0 Å². The Hall–Kier alpha value is -1.60. The zero-order chi connectivity index (χ0) is 14.8. The molecule has 0 atom stereocenters. The molecule has 110 valence electrons. The van der Waals surface area contributed by atoms with Gasteiger partial charge >= 0.3 is 0 Å². The van der Waals surface area contributed by atoms with Crippen LogP contribution in [0.4, 0.5) is 0 Å². The van der Waals surface area contributed by atoms with Crippen molar-refractivity contribution in [1.29, 1.82) is 0 Å². The molecule has 3 rings (SSSR count). The second-order valence-corrected chi connectivity index (χ2v) is 7.09. The van der Waals surface area contributed by atoms with Crippen LogP contribution >= 0.6 is 23.1 Å². The fourth-order valence-corrected chi connectivity index (χ4v) is 4.27. The summed E-state index contributed by atoms with van der Waals surface area (Å²) in [5, 5.41) is 14.9. The molecule has 2 aromatic heterocycles.